The van der Waals surface area contributed by atoms with Crippen LogP contribution in [0.1, 0.15) is 52.3 Å². The number of ketones is 1. The van der Waals surface area contributed by atoms with Crippen LogP contribution in [-0.4, -0.2) is 24.9 Å². The molecular formula is C27H30F2N4O. The van der Waals surface area contributed by atoms with Gasteiger partial charge in [-0.25, -0.2) is 18.7 Å². The van der Waals surface area contributed by atoms with Gasteiger partial charge in [-0.1, -0.05) is 44.7 Å². The molecule has 2 aromatic heterocycles. The highest BCUT2D eigenvalue weighted by Crippen LogP contribution is 2.24. The summed E-state index contributed by atoms with van der Waals surface area (Å²) in [6.45, 7) is 11.3. The fraction of sp³-hybridized carbons (Fsp3) is 0.222. The molecule has 0 bridgehead atoms. The molecular weight excluding hydrogens is 434 g/mol. The monoisotopic (exact) mass is 464 g/mol. The molecule has 0 aliphatic heterocycles. The predicted octanol–water partition coefficient (Wildman–Crippen LogP) is 6.05. The molecule has 0 fully saturated rings. The Kier molecular flexibility index (Phi) is 9.18. The van der Waals surface area contributed by atoms with Gasteiger partial charge in [-0.05, 0) is 42.7 Å². The van der Waals surface area contributed by atoms with Gasteiger partial charge in [-0.3, -0.25) is 4.79 Å². The molecule has 7 heteroatoms. The van der Waals surface area contributed by atoms with E-state index in [0.29, 0.717) is 22.4 Å². The molecule has 0 amide bonds. The molecule has 0 aliphatic carbocycles. The summed E-state index contributed by atoms with van der Waals surface area (Å²) in [5, 5.41) is 0. The smallest absolute Gasteiger partial charge is 0.213 e. The van der Waals surface area contributed by atoms with Crippen LogP contribution in [0.5, 0.6) is 0 Å². The van der Waals surface area contributed by atoms with Crippen LogP contribution in [0, 0.1) is 25.5 Å². The SMILES string of the molecule is C=C(c1cn(C)cn1)c1cccc(F)c1C.CC.Cc1c(F)cccc1C(=O)c1cn(C)cn1. The molecule has 2 heterocycles. The van der Waals surface area contributed by atoms with Crippen molar-refractivity contribution in [2.24, 2.45) is 14.1 Å². The number of nitrogens with zero attached hydrogens (tertiary/aromatic N) is 4. The van der Waals surface area contributed by atoms with Gasteiger partial charge in [0, 0.05) is 37.6 Å². The summed E-state index contributed by atoms with van der Waals surface area (Å²) < 4.78 is 30.2. The van der Waals surface area contributed by atoms with Crippen molar-refractivity contribution < 1.29 is 13.6 Å². The number of aryl methyl sites for hydroxylation is 2. The molecule has 0 spiro atoms. The lowest BCUT2D eigenvalue weighted by Gasteiger charge is -2.07. The Morgan fingerprint density at radius 3 is 1.71 bits per heavy atom. The van der Waals surface area contributed by atoms with Crippen LogP contribution in [0.2, 0.25) is 0 Å². The van der Waals surface area contributed by atoms with Gasteiger partial charge in [-0.15, -0.1) is 0 Å². The average molecular weight is 465 g/mol. The molecule has 0 saturated heterocycles. The van der Waals surface area contributed by atoms with E-state index in [9.17, 15) is 13.6 Å². The Bertz CT molecular complexity index is 1190. The van der Waals surface area contributed by atoms with Gasteiger partial charge >= 0.3 is 0 Å². The zero-order valence-corrected chi connectivity index (χ0v) is 20.4. The van der Waals surface area contributed by atoms with E-state index in [1.165, 1.54) is 18.2 Å². The summed E-state index contributed by atoms with van der Waals surface area (Å²) in [5.74, 6) is -0.839. The van der Waals surface area contributed by atoms with Crippen LogP contribution < -0.4 is 0 Å². The summed E-state index contributed by atoms with van der Waals surface area (Å²) in [4.78, 5) is 20.1. The van der Waals surface area contributed by atoms with E-state index in [-0.39, 0.29) is 17.4 Å². The van der Waals surface area contributed by atoms with Gasteiger partial charge in [0.1, 0.15) is 17.3 Å². The van der Waals surface area contributed by atoms with Gasteiger partial charge in [0.15, 0.2) is 0 Å². The van der Waals surface area contributed by atoms with Gasteiger partial charge in [-0.2, -0.15) is 0 Å². The Hall–Kier alpha value is -3.87. The van der Waals surface area contributed by atoms with Crippen LogP contribution in [-0.2, 0) is 14.1 Å². The van der Waals surface area contributed by atoms with Crippen LogP contribution >= 0.6 is 0 Å². The first kappa shape index (κ1) is 26.4. The minimum absolute atomic E-state index is 0.213. The summed E-state index contributed by atoms with van der Waals surface area (Å²) in [6, 6.07) is 9.46. The van der Waals surface area contributed by atoms with Gasteiger partial charge in [0.2, 0.25) is 5.78 Å². The zero-order valence-electron chi connectivity index (χ0n) is 20.4. The highest BCUT2D eigenvalue weighted by atomic mass is 19.1. The molecule has 4 aromatic rings. The van der Waals surface area contributed by atoms with Crippen molar-refractivity contribution in [1.29, 1.82) is 0 Å². The van der Waals surface area contributed by atoms with Crippen LogP contribution in [0.25, 0.3) is 5.57 Å². The maximum absolute atomic E-state index is 13.4. The van der Waals surface area contributed by atoms with Crippen molar-refractivity contribution in [3.05, 3.63) is 113 Å². The van der Waals surface area contributed by atoms with Crippen molar-refractivity contribution in [2.45, 2.75) is 27.7 Å². The normalized spacial score (nSPS) is 10.0. The second-order valence-electron chi connectivity index (χ2n) is 7.48. The maximum atomic E-state index is 13.4. The summed E-state index contributed by atoms with van der Waals surface area (Å²) in [6.07, 6.45) is 6.73. The first-order chi connectivity index (χ1) is 16.2. The lowest BCUT2D eigenvalue weighted by atomic mass is 10.00. The van der Waals surface area contributed by atoms with Gasteiger partial charge in [0.05, 0.1) is 18.3 Å². The molecule has 0 atom stereocenters. The van der Waals surface area contributed by atoms with E-state index in [1.807, 2.05) is 37.7 Å². The molecule has 2 aromatic carbocycles. The Labute approximate surface area is 199 Å². The molecule has 0 aliphatic rings. The number of imidazole rings is 2. The Balaban J connectivity index is 0.000000224. The summed E-state index contributed by atoms with van der Waals surface area (Å²) in [5.41, 5.74) is 3.98. The zero-order chi connectivity index (χ0) is 25.4. The highest BCUT2D eigenvalue weighted by Gasteiger charge is 2.15. The molecule has 0 radical (unpaired) electrons. The van der Waals surface area contributed by atoms with Crippen molar-refractivity contribution in [3.63, 3.8) is 0 Å². The minimum atomic E-state index is -0.373. The average Bonchev–Trinajstić information content (AvgIpc) is 3.47. The number of carbonyl (C=O) groups excluding carboxylic acids is 1. The fourth-order valence-corrected chi connectivity index (χ4v) is 3.16. The summed E-state index contributed by atoms with van der Waals surface area (Å²) >= 11 is 0. The highest BCUT2D eigenvalue weighted by molar-refractivity contribution is 6.08. The van der Waals surface area contributed by atoms with Gasteiger partial charge < -0.3 is 9.13 Å². The van der Waals surface area contributed by atoms with Gasteiger partial charge in [0.25, 0.3) is 0 Å². The molecule has 178 valence electrons. The van der Waals surface area contributed by atoms with E-state index in [2.05, 4.69) is 16.5 Å². The number of hydrogen-bond donors (Lipinski definition) is 0. The number of aromatic nitrogens is 4. The Morgan fingerprint density at radius 2 is 1.24 bits per heavy atom. The first-order valence-corrected chi connectivity index (χ1v) is 10.9. The number of benzene rings is 2. The van der Waals surface area contributed by atoms with E-state index in [0.717, 1.165) is 16.8 Å². The lowest BCUT2D eigenvalue weighted by Crippen LogP contribution is -2.05. The third kappa shape index (κ3) is 6.13. The number of rotatable bonds is 4. The number of halogens is 2. The third-order valence-electron chi connectivity index (χ3n) is 5.06. The maximum Gasteiger partial charge on any atom is 0.213 e. The van der Waals surface area contributed by atoms with Crippen molar-refractivity contribution in [1.82, 2.24) is 19.1 Å². The Morgan fingerprint density at radius 1 is 0.794 bits per heavy atom. The van der Waals surface area contributed by atoms with E-state index in [1.54, 1.807) is 56.4 Å². The largest absolute Gasteiger partial charge is 0.340 e. The van der Waals surface area contributed by atoms with E-state index in [4.69, 9.17) is 0 Å². The molecule has 5 nitrogen and oxygen atoms in total. The minimum Gasteiger partial charge on any atom is -0.340 e. The topological polar surface area (TPSA) is 52.7 Å². The standard InChI is InChI=1S/C13H13FN2.C12H11FN2O.C2H6/c1-9-11(5-4-6-12(9)14)10(2)13-7-16(3)8-15-13;1-8-9(4-3-5-10(8)13)12(16)11-6-15(2)7-14-11;1-2/h4-8H,2H2,1,3H3;3-7H,1-2H3;1-2H3. The number of hydrogen-bond acceptors (Lipinski definition) is 3. The molecule has 0 saturated carbocycles. The predicted molar refractivity (Wildman–Crippen MR) is 132 cm³/mol. The summed E-state index contributed by atoms with van der Waals surface area (Å²) in [7, 11) is 3.67. The fourth-order valence-electron chi connectivity index (χ4n) is 3.16. The number of carbonyl (C=O) groups is 1. The van der Waals surface area contributed by atoms with E-state index < -0.39 is 0 Å². The van der Waals surface area contributed by atoms with Crippen LogP contribution in [0.15, 0.2) is 68.0 Å². The molecule has 4 rings (SSSR count). The molecule has 0 unspecified atom stereocenters. The van der Waals surface area contributed by atoms with Crippen molar-refractivity contribution in [3.8, 4) is 0 Å². The van der Waals surface area contributed by atoms with Crippen molar-refractivity contribution in [2.75, 3.05) is 0 Å². The quantitative estimate of drug-likeness (QED) is 0.345. The molecule has 0 N–H and O–H groups in total. The molecule has 34 heavy (non-hydrogen) atoms. The second-order valence-corrected chi connectivity index (χ2v) is 7.48. The third-order valence-corrected chi connectivity index (χ3v) is 5.06. The van der Waals surface area contributed by atoms with Crippen molar-refractivity contribution >= 4 is 11.4 Å². The van der Waals surface area contributed by atoms with E-state index >= 15 is 0 Å². The second kappa shape index (κ2) is 11.8. The van der Waals surface area contributed by atoms with Crippen LogP contribution in [0.3, 0.4) is 0 Å². The first-order valence-electron chi connectivity index (χ1n) is 10.9. The lowest BCUT2D eigenvalue weighted by molar-refractivity contribution is 0.103. The van der Waals surface area contributed by atoms with Crippen LogP contribution in [0.4, 0.5) is 8.78 Å².